The molecule has 3 aliphatic rings. The summed E-state index contributed by atoms with van der Waals surface area (Å²) in [5.41, 5.74) is 0.893. The van der Waals surface area contributed by atoms with Crippen molar-refractivity contribution in [3.05, 3.63) is 18.2 Å². The van der Waals surface area contributed by atoms with E-state index in [0.29, 0.717) is 24.9 Å². The monoisotopic (exact) mass is 419 g/mol. The first-order valence-corrected chi connectivity index (χ1v) is 11.0. The standard InChI is InChI=1S/C21H29N3O4S/c1-2-3-4-17-14-28-21(25)24(17)16-7-9-23(10-8-16)20(29)22-15-5-6-18-19(13-15)27-12-11-26-18/h5-6,13,16-17H,2-4,7-12,14H2,1H3,(H,22,29). The summed E-state index contributed by atoms with van der Waals surface area (Å²) >= 11 is 5.63. The van der Waals surface area contributed by atoms with Crippen molar-refractivity contribution in [3.63, 3.8) is 0 Å². The van der Waals surface area contributed by atoms with Crippen molar-refractivity contribution in [2.75, 3.05) is 38.2 Å². The highest BCUT2D eigenvalue weighted by Gasteiger charge is 2.39. The van der Waals surface area contributed by atoms with Crippen molar-refractivity contribution >= 4 is 29.1 Å². The summed E-state index contributed by atoms with van der Waals surface area (Å²) in [7, 11) is 0. The highest BCUT2D eigenvalue weighted by molar-refractivity contribution is 7.80. The molecule has 7 nitrogen and oxygen atoms in total. The van der Waals surface area contributed by atoms with Gasteiger partial charge in [-0.1, -0.05) is 19.8 Å². The molecule has 1 unspecified atom stereocenters. The number of benzene rings is 1. The molecular formula is C21H29N3O4S. The molecule has 1 aromatic carbocycles. The van der Waals surface area contributed by atoms with E-state index in [-0.39, 0.29) is 18.2 Å². The third-order valence-electron chi connectivity index (χ3n) is 5.83. The number of unbranched alkanes of at least 4 members (excludes halogenated alkanes) is 1. The van der Waals surface area contributed by atoms with Gasteiger partial charge in [0.2, 0.25) is 0 Å². The Hall–Kier alpha value is -2.22. The van der Waals surface area contributed by atoms with Crippen LogP contribution >= 0.6 is 12.2 Å². The van der Waals surface area contributed by atoms with Gasteiger partial charge in [-0.15, -0.1) is 0 Å². The molecule has 0 saturated carbocycles. The number of carbonyl (C=O) groups excluding carboxylic acids is 1. The zero-order valence-corrected chi connectivity index (χ0v) is 17.7. The van der Waals surface area contributed by atoms with Crippen LogP contribution in [-0.4, -0.2) is 66.0 Å². The summed E-state index contributed by atoms with van der Waals surface area (Å²) < 4.78 is 16.5. The van der Waals surface area contributed by atoms with Crippen molar-refractivity contribution in [1.29, 1.82) is 0 Å². The van der Waals surface area contributed by atoms with Crippen LogP contribution in [0.15, 0.2) is 18.2 Å². The summed E-state index contributed by atoms with van der Waals surface area (Å²) in [6.07, 6.45) is 4.94. The molecule has 2 saturated heterocycles. The fourth-order valence-corrected chi connectivity index (χ4v) is 4.55. The zero-order chi connectivity index (χ0) is 20.2. The van der Waals surface area contributed by atoms with Crippen LogP contribution in [0.5, 0.6) is 11.5 Å². The Morgan fingerprint density at radius 1 is 1.17 bits per heavy atom. The first kappa shape index (κ1) is 20.1. The zero-order valence-electron chi connectivity index (χ0n) is 16.9. The van der Waals surface area contributed by atoms with Gasteiger partial charge in [0.05, 0.1) is 6.04 Å². The summed E-state index contributed by atoms with van der Waals surface area (Å²) in [4.78, 5) is 16.4. The van der Waals surface area contributed by atoms with Crippen molar-refractivity contribution in [1.82, 2.24) is 9.80 Å². The minimum Gasteiger partial charge on any atom is -0.486 e. The molecule has 2 fully saturated rings. The Kier molecular flexibility index (Phi) is 6.28. The molecule has 0 aliphatic carbocycles. The van der Waals surface area contributed by atoms with Gasteiger partial charge >= 0.3 is 6.09 Å². The predicted octanol–water partition coefficient (Wildman–Crippen LogP) is 3.63. The molecule has 0 aromatic heterocycles. The van der Waals surface area contributed by atoms with Gasteiger partial charge in [0, 0.05) is 30.9 Å². The molecule has 0 radical (unpaired) electrons. The van der Waals surface area contributed by atoms with E-state index in [1.54, 1.807) is 0 Å². The molecule has 1 N–H and O–H groups in total. The molecule has 1 atom stereocenters. The van der Waals surface area contributed by atoms with Crippen LogP contribution in [0.1, 0.15) is 39.0 Å². The maximum Gasteiger partial charge on any atom is 0.410 e. The molecule has 1 aromatic rings. The van der Waals surface area contributed by atoms with Crippen LogP contribution < -0.4 is 14.8 Å². The fourth-order valence-electron chi connectivity index (χ4n) is 4.25. The molecule has 29 heavy (non-hydrogen) atoms. The molecule has 158 valence electrons. The fraction of sp³-hybridized carbons (Fsp3) is 0.619. The number of cyclic esters (lactones) is 1. The number of fused-ring (bicyclic) bond motifs is 1. The van der Waals surface area contributed by atoms with Crippen LogP contribution in [-0.2, 0) is 4.74 Å². The maximum atomic E-state index is 12.3. The van der Waals surface area contributed by atoms with E-state index >= 15 is 0 Å². The molecule has 3 heterocycles. The Morgan fingerprint density at radius 3 is 2.69 bits per heavy atom. The van der Waals surface area contributed by atoms with Crippen molar-refractivity contribution in [3.8, 4) is 11.5 Å². The Labute approximate surface area is 177 Å². The van der Waals surface area contributed by atoms with Crippen LogP contribution in [0, 0.1) is 0 Å². The van der Waals surface area contributed by atoms with Gasteiger partial charge in [-0.3, -0.25) is 4.90 Å². The average molecular weight is 420 g/mol. The first-order chi connectivity index (χ1) is 14.2. The molecule has 0 bridgehead atoms. The number of ether oxygens (including phenoxy) is 3. The van der Waals surface area contributed by atoms with Gasteiger partial charge in [-0.2, -0.15) is 0 Å². The number of hydrogen-bond donors (Lipinski definition) is 1. The average Bonchev–Trinajstić information content (AvgIpc) is 3.12. The third kappa shape index (κ3) is 4.52. The van der Waals surface area contributed by atoms with Gasteiger partial charge in [0.1, 0.15) is 19.8 Å². The first-order valence-electron chi connectivity index (χ1n) is 10.6. The number of thiocarbonyl (C=S) groups is 1. The predicted molar refractivity (Wildman–Crippen MR) is 115 cm³/mol. The van der Waals surface area contributed by atoms with Gasteiger partial charge < -0.3 is 24.4 Å². The van der Waals surface area contributed by atoms with E-state index in [9.17, 15) is 4.79 Å². The lowest BCUT2D eigenvalue weighted by Gasteiger charge is -2.38. The Bertz CT molecular complexity index is 751. The van der Waals surface area contributed by atoms with Crippen molar-refractivity contribution in [2.45, 2.75) is 51.1 Å². The highest BCUT2D eigenvalue weighted by Crippen LogP contribution is 2.33. The number of anilines is 1. The summed E-state index contributed by atoms with van der Waals surface area (Å²) in [5, 5.41) is 4.01. The van der Waals surface area contributed by atoms with E-state index < -0.39 is 0 Å². The lowest BCUT2D eigenvalue weighted by atomic mass is 10.0. The van der Waals surface area contributed by atoms with E-state index in [2.05, 4.69) is 17.1 Å². The number of amides is 1. The lowest BCUT2D eigenvalue weighted by Crippen LogP contribution is -2.50. The van der Waals surface area contributed by atoms with E-state index in [4.69, 9.17) is 26.4 Å². The van der Waals surface area contributed by atoms with Crippen LogP contribution in [0.3, 0.4) is 0 Å². The topological polar surface area (TPSA) is 63.3 Å². The number of rotatable bonds is 5. The minimum absolute atomic E-state index is 0.151. The van der Waals surface area contributed by atoms with Gasteiger partial charge in [-0.25, -0.2) is 4.79 Å². The second-order valence-corrected chi connectivity index (χ2v) is 8.17. The largest absolute Gasteiger partial charge is 0.486 e. The van der Waals surface area contributed by atoms with E-state index in [1.807, 2.05) is 23.1 Å². The van der Waals surface area contributed by atoms with Crippen molar-refractivity contribution in [2.24, 2.45) is 0 Å². The van der Waals surface area contributed by atoms with Gasteiger partial charge in [0.15, 0.2) is 16.6 Å². The second kappa shape index (κ2) is 9.07. The normalized spacial score (nSPS) is 21.8. The van der Waals surface area contributed by atoms with Crippen LogP contribution in [0.25, 0.3) is 0 Å². The number of piperidine rings is 1. The number of likely N-dealkylation sites (tertiary alicyclic amines) is 1. The summed E-state index contributed by atoms with van der Waals surface area (Å²) in [5.74, 6) is 1.51. The van der Waals surface area contributed by atoms with Crippen LogP contribution in [0.4, 0.5) is 10.5 Å². The van der Waals surface area contributed by atoms with Crippen molar-refractivity contribution < 1.29 is 19.0 Å². The minimum atomic E-state index is -0.151. The van der Waals surface area contributed by atoms with E-state index in [1.165, 1.54) is 0 Å². The number of nitrogens with zero attached hydrogens (tertiary/aromatic N) is 2. The highest BCUT2D eigenvalue weighted by atomic mass is 32.1. The molecule has 0 spiro atoms. The number of carbonyl (C=O) groups is 1. The second-order valence-electron chi connectivity index (χ2n) is 7.79. The molecule has 4 rings (SSSR count). The molecule has 1 amide bonds. The quantitative estimate of drug-likeness (QED) is 0.731. The molecule has 3 aliphatic heterocycles. The van der Waals surface area contributed by atoms with Gasteiger partial charge in [-0.05, 0) is 43.6 Å². The Morgan fingerprint density at radius 2 is 1.93 bits per heavy atom. The number of nitrogens with one attached hydrogen (secondary N) is 1. The smallest absolute Gasteiger partial charge is 0.410 e. The third-order valence-corrected chi connectivity index (χ3v) is 6.19. The molecular weight excluding hydrogens is 390 g/mol. The number of hydrogen-bond acceptors (Lipinski definition) is 5. The van der Waals surface area contributed by atoms with E-state index in [0.717, 1.165) is 62.4 Å². The summed E-state index contributed by atoms with van der Waals surface area (Å²) in [6.45, 7) is 5.50. The van der Waals surface area contributed by atoms with Gasteiger partial charge in [0.25, 0.3) is 0 Å². The van der Waals surface area contributed by atoms with Crippen LogP contribution in [0.2, 0.25) is 0 Å². The summed E-state index contributed by atoms with van der Waals surface area (Å²) in [6, 6.07) is 6.24. The molecule has 8 heteroatoms. The lowest BCUT2D eigenvalue weighted by molar-refractivity contribution is 0.122. The maximum absolute atomic E-state index is 12.3. The SMILES string of the molecule is CCCCC1COC(=O)N1C1CCN(C(=S)Nc2ccc3c(c2)OCCO3)CC1. The Balaban J connectivity index is 1.31.